The third-order valence-corrected chi connectivity index (χ3v) is 7.82. The molecule has 0 saturated heterocycles. The van der Waals surface area contributed by atoms with E-state index in [1.807, 2.05) is 11.5 Å². The van der Waals surface area contributed by atoms with E-state index >= 15 is 0 Å². The fourth-order valence-corrected chi connectivity index (χ4v) is 5.87. The third-order valence-electron chi connectivity index (χ3n) is 5.52. The highest BCUT2D eigenvalue weighted by molar-refractivity contribution is 8.00. The Morgan fingerprint density at radius 3 is 2.91 bits per heavy atom. The first-order valence-electron chi connectivity index (χ1n) is 11.5. The van der Waals surface area contributed by atoms with Crippen LogP contribution < -0.4 is 5.32 Å². The predicted molar refractivity (Wildman–Crippen MR) is 136 cm³/mol. The maximum atomic E-state index is 12.6. The number of anilines is 2. The minimum atomic E-state index is -0.317. The van der Waals surface area contributed by atoms with E-state index in [4.69, 9.17) is 4.74 Å². The first kappa shape index (κ1) is 23.6. The minimum absolute atomic E-state index is 0.203. The Kier molecular flexibility index (Phi) is 7.14. The molecule has 0 amide bonds. The molecule has 35 heavy (non-hydrogen) atoms. The third kappa shape index (κ3) is 5.10. The van der Waals surface area contributed by atoms with E-state index in [1.54, 1.807) is 30.5 Å². The summed E-state index contributed by atoms with van der Waals surface area (Å²) < 4.78 is 7.36. The Hall–Kier alpha value is -3.18. The standard InChI is InChI=1S/C24H25N7O2S2/c1-3-5-6-18(24(32)33-4-2)35-22-19-20(27-13-28-22)29-14-31(19)12-15-7-8-17-16(11-15)30-21-23(34-17)26-10-9-25-21/h7-11,13-14,18H,3-6,12H2,1-2H3,(H,25,30). The van der Waals surface area contributed by atoms with Gasteiger partial charge in [0.25, 0.3) is 0 Å². The van der Waals surface area contributed by atoms with Gasteiger partial charge < -0.3 is 14.6 Å². The van der Waals surface area contributed by atoms with Gasteiger partial charge in [-0.1, -0.05) is 49.4 Å². The normalized spacial score (nSPS) is 13.1. The predicted octanol–water partition coefficient (Wildman–Crippen LogP) is 5.09. The highest BCUT2D eigenvalue weighted by Gasteiger charge is 2.24. The number of nitrogens with zero attached hydrogens (tertiary/aromatic N) is 6. The topological polar surface area (TPSA) is 108 Å². The van der Waals surface area contributed by atoms with Gasteiger partial charge >= 0.3 is 5.97 Å². The van der Waals surface area contributed by atoms with Gasteiger partial charge in [-0.2, -0.15) is 0 Å². The van der Waals surface area contributed by atoms with E-state index in [9.17, 15) is 4.79 Å². The molecule has 0 radical (unpaired) electrons. The SMILES string of the molecule is CCCCC(Sc1ncnc2ncn(Cc3ccc4c(c3)Nc3nccnc3S4)c12)C(=O)OCC. The van der Waals surface area contributed by atoms with Gasteiger partial charge in [0.1, 0.15) is 27.1 Å². The van der Waals surface area contributed by atoms with Crippen molar-refractivity contribution in [1.29, 1.82) is 0 Å². The summed E-state index contributed by atoms with van der Waals surface area (Å²) in [5, 5.41) is 4.66. The molecule has 1 N–H and O–H groups in total. The molecule has 1 aliphatic heterocycles. The second kappa shape index (κ2) is 10.6. The van der Waals surface area contributed by atoms with Crippen LogP contribution in [0.1, 0.15) is 38.7 Å². The number of hydrogen-bond acceptors (Lipinski definition) is 10. The van der Waals surface area contributed by atoms with Gasteiger partial charge in [-0.25, -0.2) is 24.9 Å². The van der Waals surface area contributed by atoms with Crippen molar-refractivity contribution < 1.29 is 9.53 Å². The number of imidazole rings is 1. The van der Waals surface area contributed by atoms with Crippen LogP contribution in [0.2, 0.25) is 0 Å². The number of esters is 1. The molecule has 180 valence electrons. The zero-order valence-corrected chi connectivity index (χ0v) is 21.1. The monoisotopic (exact) mass is 507 g/mol. The fraction of sp³-hybridized carbons (Fsp3) is 0.333. The van der Waals surface area contributed by atoms with Crippen LogP contribution in [0, 0.1) is 0 Å². The molecule has 0 aliphatic carbocycles. The molecular weight excluding hydrogens is 482 g/mol. The second-order valence-corrected chi connectivity index (χ2v) is 10.2. The smallest absolute Gasteiger partial charge is 0.319 e. The van der Waals surface area contributed by atoms with Crippen molar-refractivity contribution in [2.24, 2.45) is 0 Å². The van der Waals surface area contributed by atoms with E-state index < -0.39 is 0 Å². The Balaban J connectivity index is 1.42. The van der Waals surface area contributed by atoms with Crippen LogP contribution >= 0.6 is 23.5 Å². The second-order valence-electron chi connectivity index (χ2n) is 7.99. The summed E-state index contributed by atoms with van der Waals surface area (Å²) in [6, 6.07) is 6.30. The Morgan fingerprint density at radius 2 is 2.06 bits per heavy atom. The van der Waals surface area contributed by atoms with Crippen molar-refractivity contribution >= 4 is 52.2 Å². The molecular formula is C24H25N7O2S2. The lowest BCUT2D eigenvalue weighted by molar-refractivity contribution is -0.142. The zero-order valence-electron chi connectivity index (χ0n) is 19.5. The molecule has 3 aromatic heterocycles. The average molecular weight is 508 g/mol. The van der Waals surface area contributed by atoms with Crippen LogP contribution in [0.4, 0.5) is 11.5 Å². The van der Waals surface area contributed by atoms with E-state index in [0.717, 1.165) is 56.8 Å². The molecule has 1 unspecified atom stereocenters. The maximum Gasteiger partial charge on any atom is 0.319 e. The number of aromatic nitrogens is 6. The van der Waals surface area contributed by atoms with Crippen LogP contribution in [0.25, 0.3) is 11.2 Å². The molecule has 4 aromatic rings. The molecule has 0 bridgehead atoms. The first-order valence-corrected chi connectivity index (χ1v) is 13.2. The number of unbranched alkanes of at least 4 members (excludes halogenated alkanes) is 1. The van der Waals surface area contributed by atoms with E-state index in [2.05, 4.69) is 55.4 Å². The van der Waals surface area contributed by atoms with E-state index in [1.165, 1.54) is 18.1 Å². The molecule has 5 rings (SSSR count). The van der Waals surface area contributed by atoms with Gasteiger partial charge in [-0.15, -0.1) is 0 Å². The molecule has 1 aromatic carbocycles. The molecule has 4 heterocycles. The number of hydrogen-bond donors (Lipinski definition) is 1. The van der Waals surface area contributed by atoms with Crippen LogP contribution in [0.15, 0.2) is 58.2 Å². The van der Waals surface area contributed by atoms with Crippen molar-refractivity contribution in [1.82, 2.24) is 29.5 Å². The molecule has 0 fully saturated rings. The molecule has 0 spiro atoms. The zero-order chi connectivity index (χ0) is 24.2. The lowest BCUT2D eigenvalue weighted by atomic mass is 10.2. The van der Waals surface area contributed by atoms with Crippen molar-refractivity contribution in [2.75, 3.05) is 11.9 Å². The summed E-state index contributed by atoms with van der Waals surface area (Å²) in [7, 11) is 0. The van der Waals surface area contributed by atoms with Gasteiger partial charge in [0.2, 0.25) is 0 Å². The quantitative estimate of drug-likeness (QED) is 0.165. The Labute approximate surface area is 211 Å². The average Bonchev–Trinajstić information content (AvgIpc) is 3.29. The van der Waals surface area contributed by atoms with Crippen molar-refractivity contribution in [3.05, 3.63) is 48.8 Å². The van der Waals surface area contributed by atoms with Gasteiger partial charge in [-0.3, -0.25) is 4.79 Å². The lowest BCUT2D eigenvalue weighted by Crippen LogP contribution is -2.20. The maximum absolute atomic E-state index is 12.6. The summed E-state index contributed by atoms with van der Waals surface area (Å²) in [6.07, 6.45) is 9.34. The number of nitrogens with one attached hydrogen (secondary N) is 1. The van der Waals surface area contributed by atoms with Crippen LogP contribution in [-0.2, 0) is 16.1 Å². The molecule has 11 heteroatoms. The highest BCUT2D eigenvalue weighted by atomic mass is 32.2. The van der Waals surface area contributed by atoms with Crippen LogP contribution in [0.3, 0.4) is 0 Å². The Morgan fingerprint density at radius 1 is 1.17 bits per heavy atom. The fourth-order valence-electron chi connectivity index (χ4n) is 3.85. The van der Waals surface area contributed by atoms with E-state index in [-0.39, 0.29) is 11.2 Å². The summed E-state index contributed by atoms with van der Waals surface area (Å²) in [5.74, 6) is 0.560. The van der Waals surface area contributed by atoms with E-state index in [0.29, 0.717) is 18.8 Å². The summed E-state index contributed by atoms with van der Waals surface area (Å²) in [4.78, 5) is 35.8. The molecule has 0 saturated carbocycles. The van der Waals surface area contributed by atoms with Crippen LogP contribution in [-0.4, -0.2) is 47.3 Å². The van der Waals surface area contributed by atoms with Crippen molar-refractivity contribution in [3.8, 4) is 0 Å². The number of benzene rings is 1. The van der Waals surface area contributed by atoms with Gasteiger partial charge in [0.05, 0.1) is 18.6 Å². The van der Waals surface area contributed by atoms with Gasteiger partial charge in [0.15, 0.2) is 11.5 Å². The number of carbonyl (C=O) groups is 1. The number of ether oxygens (including phenoxy) is 1. The van der Waals surface area contributed by atoms with Crippen molar-refractivity contribution in [3.63, 3.8) is 0 Å². The molecule has 1 atom stereocenters. The largest absolute Gasteiger partial charge is 0.465 e. The number of thioether (sulfide) groups is 1. The summed E-state index contributed by atoms with van der Waals surface area (Å²) in [6.45, 7) is 4.89. The first-order chi connectivity index (χ1) is 17.2. The summed E-state index contributed by atoms with van der Waals surface area (Å²) in [5.41, 5.74) is 3.52. The number of rotatable bonds is 9. The number of fused-ring (bicyclic) bond motifs is 3. The lowest BCUT2D eigenvalue weighted by Gasteiger charge is -2.19. The van der Waals surface area contributed by atoms with Crippen LogP contribution in [0.5, 0.6) is 0 Å². The van der Waals surface area contributed by atoms with Gasteiger partial charge in [-0.05, 0) is 31.0 Å². The van der Waals surface area contributed by atoms with Gasteiger partial charge in [0, 0.05) is 23.8 Å². The molecule has 1 aliphatic rings. The minimum Gasteiger partial charge on any atom is -0.465 e. The summed E-state index contributed by atoms with van der Waals surface area (Å²) >= 11 is 3.03. The molecule has 9 nitrogen and oxygen atoms in total. The Bertz CT molecular complexity index is 1360. The highest BCUT2D eigenvalue weighted by Crippen LogP contribution is 2.42. The van der Waals surface area contributed by atoms with Crippen molar-refractivity contribution in [2.45, 2.75) is 59.9 Å². The number of carbonyl (C=O) groups excluding carboxylic acids is 1.